The summed E-state index contributed by atoms with van der Waals surface area (Å²) in [7, 11) is 0. The van der Waals surface area contributed by atoms with E-state index in [1.807, 2.05) is 0 Å². The molecule has 0 aliphatic rings. The van der Waals surface area contributed by atoms with E-state index in [2.05, 4.69) is 156 Å². The number of aromatic nitrogens is 1. The highest BCUT2D eigenvalue weighted by atomic mass is 15.1. The Morgan fingerprint density at radius 1 is 0.528 bits per heavy atom. The fraction of sp³-hybridized carbons (Fsp3) is 0.0588. The Labute approximate surface area is 212 Å². The van der Waals surface area contributed by atoms with E-state index in [0.717, 1.165) is 23.6 Å². The van der Waals surface area contributed by atoms with Gasteiger partial charge in [-0.05, 0) is 72.6 Å². The molecule has 0 saturated heterocycles. The van der Waals surface area contributed by atoms with E-state index >= 15 is 0 Å². The highest BCUT2D eigenvalue weighted by molar-refractivity contribution is 6.08. The number of benzene rings is 5. The van der Waals surface area contributed by atoms with Crippen LogP contribution in [-0.2, 0) is 6.54 Å². The number of nitrogens with zero attached hydrogens (tertiary/aromatic N) is 2. The lowest BCUT2D eigenvalue weighted by Gasteiger charge is -2.25. The Morgan fingerprint density at radius 2 is 1.06 bits per heavy atom. The smallest absolute Gasteiger partial charge is 0.0491 e. The molecule has 0 atom stereocenters. The van der Waals surface area contributed by atoms with Gasteiger partial charge < -0.3 is 9.47 Å². The molecule has 0 fully saturated rings. The number of aryl methyl sites for hydroxylation is 1. The summed E-state index contributed by atoms with van der Waals surface area (Å²) in [4.78, 5) is 2.28. The lowest BCUT2D eigenvalue weighted by atomic mass is 10.1. The molecule has 0 radical (unpaired) electrons. The van der Waals surface area contributed by atoms with Gasteiger partial charge in [-0.1, -0.05) is 84.9 Å². The number of anilines is 3. The fourth-order valence-electron chi connectivity index (χ4n) is 5.04. The summed E-state index contributed by atoms with van der Waals surface area (Å²) in [5.74, 6) is 0. The third kappa shape index (κ3) is 4.08. The first-order chi connectivity index (χ1) is 17.8. The van der Waals surface area contributed by atoms with E-state index in [4.69, 9.17) is 0 Å². The van der Waals surface area contributed by atoms with Crippen LogP contribution in [0.15, 0.2) is 127 Å². The van der Waals surface area contributed by atoms with E-state index in [9.17, 15) is 0 Å². The molecule has 6 aromatic rings. The second-order valence-electron chi connectivity index (χ2n) is 8.97. The molecule has 0 saturated carbocycles. The average molecular weight is 465 g/mol. The number of hydrogen-bond acceptors (Lipinski definition) is 1. The molecule has 2 nitrogen and oxygen atoms in total. The van der Waals surface area contributed by atoms with Gasteiger partial charge in [-0.25, -0.2) is 0 Å². The lowest BCUT2D eigenvalue weighted by Crippen LogP contribution is -2.09. The molecule has 0 aliphatic heterocycles. The SMILES string of the molecule is CCn1c2ccccc2c2cc(C=Cc3ccc(N(c4ccccc4)c4ccccc4)cc3)ccc21. The van der Waals surface area contributed by atoms with Gasteiger partial charge in [-0.15, -0.1) is 0 Å². The normalized spacial score (nSPS) is 11.5. The number of hydrogen-bond donors (Lipinski definition) is 0. The van der Waals surface area contributed by atoms with Crippen LogP contribution >= 0.6 is 0 Å². The van der Waals surface area contributed by atoms with Gasteiger partial charge in [0.05, 0.1) is 0 Å². The highest BCUT2D eigenvalue weighted by Crippen LogP contribution is 2.34. The topological polar surface area (TPSA) is 8.17 Å². The van der Waals surface area contributed by atoms with E-state index < -0.39 is 0 Å². The van der Waals surface area contributed by atoms with Crippen molar-refractivity contribution in [1.82, 2.24) is 4.57 Å². The second-order valence-corrected chi connectivity index (χ2v) is 8.97. The molecule has 1 heterocycles. The Morgan fingerprint density at radius 3 is 1.72 bits per heavy atom. The minimum atomic E-state index is 0.967. The largest absolute Gasteiger partial charge is 0.341 e. The Hall–Kier alpha value is -4.56. The first-order valence-electron chi connectivity index (χ1n) is 12.5. The number of fused-ring (bicyclic) bond motifs is 3. The van der Waals surface area contributed by atoms with Crippen LogP contribution in [0.25, 0.3) is 34.0 Å². The highest BCUT2D eigenvalue weighted by Gasteiger charge is 2.11. The summed E-state index contributed by atoms with van der Waals surface area (Å²) >= 11 is 0. The first kappa shape index (κ1) is 21.9. The monoisotopic (exact) mass is 464 g/mol. The van der Waals surface area contributed by atoms with Gasteiger partial charge in [0.1, 0.15) is 0 Å². The molecule has 174 valence electrons. The van der Waals surface area contributed by atoms with Crippen LogP contribution in [0.4, 0.5) is 17.1 Å². The summed E-state index contributed by atoms with van der Waals surface area (Å²) in [6.07, 6.45) is 4.40. The van der Waals surface area contributed by atoms with Crippen LogP contribution in [0.2, 0.25) is 0 Å². The van der Waals surface area contributed by atoms with Crippen molar-refractivity contribution in [1.29, 1.82) is 0 Å². The Balaban J connectivity index is 1.31. The van der Waals surface area contributed by atoms with Crippen molar-refractivity contribution in [2.75, 3.05) is 4.90 Å². The Kier molecular flexibility index (Phi) is 5.85. The van der Waals surface area contributed by atoms with Gasteiger partial charge in [0, 0.05) is 45.4 Å². The van der Waals surface area contributed by atoms with E-state index in [-0.39, 0.29) is 0 Å². The van der Waals surface area contributed by atoms with Gasteiger partial charge in [-0.3, -0.25) is 0 Å². The van der Waals surface area contributed by atoms with Gasteiger partial charge in [-0.2, -0.15) is 0 Å². The summed E-state index contributed by atoms with van der Waals surface area (Å²) in [5, 5.41) is 2.63. The van der Waals surface area contributed by atoms with Crippen LogP contribution in [0, 0.1) is 0 Å². The zero-order valence-corrected chi connectivity index (χ0v) is 20.4. The molecular weight excluding hydrogens is 436 g/mol. The molecule has 0 aliphatic carbocycles. The van der Waals surface area contributed by atoms with Crippen LogP contribution in [0.3, 0.4) is 0 Å². The predicted octanol–water partition coefficient (Wildman–Crippen LogP) is 9.45. The zero-order valence-electron chi connectivity index (χ0n) is 20.4. The second kappa shape index (κ2) is 9.59. The van der Waals surface area contributed by atoms with Crippen LogP contribution in [0.5, 0.6) is 0 Å². The molecular formula is C34H28N2. The van der Waals surface area contributed by atoms with Crippen molar-refractivity contribution in [3.05, 3.63) is 139 Å². The molecule has 0 bridgehead atoms. The maximum absolute atomic E-state index is 2.39. The molecule has 0 N–H and O–H groups in total. The Bertz CT molecular complexity index is 1600. The van der Waals surface area contributed by atoms with Crippen molar-refractivity contribution >= 4 is 51.0 Å². The van der Waals surface area contributed by atoms with Gasteiger partial charge in [0.15, 0.2) is 0 Å². The zero-order chi connectivity index (χ0) is 24.3. The predicted molar refractivity (Wildman–Crippen MR) is 155 cm³/mol. The maximum Gasteiger partial charge on any atom is 0.0491 e. The molecule has 0 spiro atoms. The number of para-hydroxylation sites is 3. The quantitative estimate of drug-likeness (QED) is 0.223. The standard InChI is InChI=1S/C34H28N2/c1-2-35-33-16-10-9-15-31(33)32-25-27(21-24-34(32)35)18-17-26-19-22-30(23-20-26)36(28-11-5-3-6-12-28)29-13-7-4-8-14-29/h3-25H,2H2,1H3. The first-order valence-corrected chi connectivity index (χ1v) is 12.5. The summed E-state index contributed by atoms with van der Waals surface area (Å²) in [6.45, 7) is 3.18. The molecule has 5 aromatic carbocycles. The minimum Gasteiger partial charge on any atom is -0.341 e. The molecule has 1 aromatic heterocycles. The third-order valence-corrected chi connectivity index (χ3v) is 6.76. The lowest BCUT2D eigenvalue weighted by molar-refractivity contribution is 0.827. The van der Waals surface area contributed by atoms with E-state index in [0.29, 0.717) is 0 Å². The third-order valence-electron chi connectivity index (χ3n) is 6.76. The van der Waals surface area contributed by atoms with Gasteiger partial charge in [0.25, 0.3) is 0 Å². The van der Waals surface area contributed by atoms with E-state index in [1.165, 1.54) is 32.9 Å². The van der Waals surface area contributed by atoms with Crippen LogP contribution < -0.4 is 4.90 Å². The van der Waals surface area contributed by atoms with Gasteiger partial charge in [0.2, 0.25) is 0 Å². The van der Waals surface area contributed by atoms with Crippen molar-refractivity contribution in [3.63, 3.8) is 0 Å². The molecule has 6 rings (SSSR count). The summed E-state index contributed by atoms with van der Waals surface area (Å²) < 4.78 is 2.39. The van der Waals surface area contributed by atoms with Gasteiger partial charge >= 0.3 is 0 Å². The molecule has 0 unspecified atom stereocenters. The summed E-state index contributed by atoms with van der Waals surface area (Å²) in [6, 6.07) is 45.2. The van der Waals surface area contributed by atoms with Crippen molar-refractivity contribution in [2.24, 2.45) is 0 Å². The molecule has 36 heavy (non-hydrogen) atoms. The van der Waals surface area contributed by atoms with Crippen molar-refractivity contribution < 1.29 is 0 Å². The van der Waals surface area contributed by atoms with Crippen LogP contribution in [0.1, 0.15) is 18.1 Å². The fourth-order valence-corrected chi connectivity index (χ4v) is 5.04. The van der Waals surface area contributed by atoms with E-state index in [1.54, 1.807) is 0 Å². The minimum absolute atomic E-state index is 0.967. The van der Waals surface area contributed by atoms with Crippen molar-refractivity contribution in [3.8, 4) is 0 Å². The average Bonchev–Trinajstić information content (AvgIpc) is 3.27. The molecule has 0 amide bonds. The summed E-state index contributed by atoms with van der Waals surface area (Å²) in [5.41, 5.74) is 8.41. The number of rotatable bonds is 6. The molecule has 2 heteroatoms. The van der Waals surface area contributed by atoms with Crippen molar-refractivity contribution in [2.45, 2.75) is 13.5 Å². The van der Waals surface area contributed by atoms with Crippen LogP contribution in [-0.4, -0.2) is 4.57 Å². The maximum atomic E-state index is 2.39.